The number of aromatic amines is 1. The smallest absolute Gasteiger partial charge is 0.274 e. The maximum Gasteiger partial charge on any atom is 0.274 e. The van der Waals surface area contributed by atoms with Crippen molar-refractivity contribution in [3.8, 4) is 0 Å². The monoisotopic (exact) mass is 272 g/mol. The molecule has 0 spiro atoms. The Bertz CT molecular complexity index is 405. The van der Waals surface area contributed by atoms with Crippen LogP contribution < -0.4 is 5.73 Å². The number of rotatable bonds is 2. The number of likely N-dealkylation sites (tertiary alicyclic amines) is 1. The molecule has 0 bridgehead atoms. The summed E-state index contributed by atoms with van der Waals surface area (Å²) in [7, 11) is 0. The van der Waals surface area contributed by atoms with Crippen LogP contribution in [0.2, 0.25) is 0 Å². The van der Waals surface area contributed by atoms with E-state index in [1.807, 2.05) is 18.7 Å². The fourth-order valence-electron chi connectivity index (χ4n) is 2.31. The minimum Gasteiger partial charge on any atom is -0.337 e. The van der Waals surface area contributed by atoms with Crippen LogP contribution in [-0.4, -0.2) is 40.1 Å². The third-order valence-corrected chi connectivity index (χ3v) is 3.41. The van der Waals surface area contributed by atoms with Crippen LogP contribution in [0.5, 0.6) is 0 Å². The van der Waals surface area contributed by atoms with Crippen LogP contribution in [0.4, 0.5) is 0 Å². The predicted molar refractivity (Wildman–Crippen MR) is 72.8 cm³/mol. The first-order valence-corrected chi connectivity index (χ1v) is 6.15. The molecule has 1 aromatic heterocycles. The number of hydrogen-bond donors (Lipinski definition) is 2. The molecule has 1 aromatic rings. The minimum atomic E-state index is 0. The van der Waals surface area contributed by atoms with Crippen LogP contribution in [0, 0.1) is 12.8 Å². The summed E-state index contributed by atoms with van der Waals surface area (Å²) in [6.07, 6.45) is 2.14. The molecule has 0 aromatic carbocycles. The summed E-state index contributed by atoms with van der Waals surface area (Å²) in [5.74, 6) is 0.424. The zero-order valence-corrected chi connectivity index (χ0v) is 11.7. The summed E-state index contributed by atoms with van der Waals surface area (Å²) in [4.78, 5) is 14.1. The number of nitrogens with two attached hydrogens (primary N) is 1. The van der Waals surface area contributed by atoms with E-state index in [4.69, 9.17) is 5.73 Å². The Hall–Kier alpha value is -1.07. The fraction of sp³-hybridized carbons (Fsp3) is 0.667. The average molecular weight is 273 g/mol. The lowest BCUT2D eigenvalue weighted by Gasteiger charge is -2.34. The van der Waals surface area contributed by atoms with Crippen LogP contribution in [-0.2, 0) is 0 Å². The molecule has 6 heteroatoms. The van der Waals surface area contributed by atoms with Crippen LogP contribution in [0.25, 0.3) is 0 Å². The molecule has 1 fully saturated rings. The van der Waals surface area contributed by atoms with Crippen molar-refractivity contribution >= 4 is 18.3 Å². The van der Waals surface area contributed by atoms with E-state index >= 15 is 0 Å². The highest BCUT2D eigenvalue weighted by Crippen LogP contribution is 2.20. The maximum absolute atomic E-state index is 12.2. The lowest BCUT2D eigenvalue weighted by Crippen LogP contribution is -2.45. The number of carbonyl (C=O) groups excluding carboxylic acids is 1. The molecular formula is C12H21ClN4O. The lowest BCUT2D eigenvalue weighted by atomic mass is 9.92. The zero-order chi connectivity index (χ0) is 12.4. The Morgan fingerprint density at radius 2 is 2.39 bits per heavy atom. The SMILES string of the molecule is Cc1cc(C(=O)N2CCCC(C(C)N)C2)n[nH]1.Cl. The Kier molecular flexibility index (Phi) is 5.16. The summed E-state index contributed by atoms with van der Waals surface area (Å²) in [6.45, 7) is 5.47. The van der Waals surface area contributed by atoms with Gasteiger partial charge < -0.3 is 10.6 Å². The standard InChI is InChI=1S/C12H20N4O.ClH/c1-8-6-11(15-14-8)12(17)16-5-3-4-10(7-16)9(2)13;/h6,9-10H,3-5,7,13H2,1-2H3,(H,14,15);1H. The molecule has 3 N–H and O–H groups in total. The topological polar surface area (TPSA) is 75.0 Å². The van der Waals surface area contributed by atoms with Crippen LogP contribution in [0.15, 0.2) is 6.07 Å². The third-order valence-electron chi connectivity index (χ3n) is 3.41. The van der Waals surface area contributed by atoms with Gasteiger partial charge in [0.2, 0.25) is 0 Å². The third kappa shape index (κ3) is 3.23. The van der Waals surface area contributed by atoms with E-state index in [0.717, 1.165) is 31.6 Å². The first-order chi connectivity index (χ1) is 8.08. The van der Waals surface area contributed by atoms with Gasteiger partial charge in [0.05, 0.1) is 0 Å². The van der Waals surface area contributed by atoms with E-state index in [2.05, 4.69) is 10.2 Å². The molecule has 0 radical (unpaired) electrons. The van der Waals surface area contributed by atoms with E-state index < -0.39 is 0 Å². The first-order valence-electron chi connectivity index (χ1n) is 6.15. The molecule has 1 aliphatic rings. The fourth-order valence-corrected chi connectivity index (χ4v) is 2.31. The highest BCUT2D eigenvalue weighted by molar-refractivity contribution is 5.92. The van der Waals surface area contributed by atoms with Gasteiger partial charge in [0, 0.05) is 24.8 Å². The van der Waals surface area contributed by atoms with Gasteiger partial charge in [0.15, 0.2) is 0 Å². The Balaban J connectivity index is 0.00000162. The molecule has 102 valence electrons. The number of nitrogens with zero attached hydrogens (tertiary/aromatic N) is 2. The highest BCUT2D eigenvalue weighted by atomic mass is 35.5. The van der Waals surface area contributed by atoms with Crippen molar-refractivity contribution in [2.75, 3.05) is 13.1 Å². The van der Waals surface area contributed by atoms with Crippen molar-refractivity contribution < 1.29 is 4.79 Å². The number of aryl methyl sites for hydroxylation is 1. The largest absolute Gasteiger partial charge is 0.337 e. The quantitative estimate of drug-likeness (QED) is 0.853. The molecule has 0 aliphatic carbocycles. The van der Waals surface area contributed by atoms with Crippen molar-refractivity contribution in [1.29, 1.82) is 0 Å². The van der Waals surface area contributed by atoms with E-state index in [1.165, 1.54) is 0 Å². The van der Waals surface area contributed by atoms with E-state index in [-0.39, 0.29) is 24.4 Å². The number of carbonyl (C=O) groups is 1. The molecule has 2 atom stereocenters. The summed E-state index contributed by atoms with van der Waals surface area (Å²) in [5.41, 5.74) is 7.33. The van der Waals surface area contributed by atoms with Gasteiger partial charge >= 0.3 is 0 Å². The molecule has 2 rings (SSSR count). The van der Waals surface area contributed by atoms with E-state index in [1.54, 1.807) is 6.07 Å². The molecule has 1 saturated heterocycles. The minimum absolute atomic E-state index is 0. The normalized spacial score (nSPS) is 21.3. The predicted octanol–water partition coefficient (Wildman–Crippen LogP) is 1.34. The number of piperidine rings is 1. The van der Waals surface area contributed by atoms with Crippen molar-refractivity contribution in [3.05, 3.63) is 17.5 Å². The molecule has 0 saturated carbocycles. The van der Waals surface area contributed by atoms with Crippen molar-refractivity contribution in [3.63, 3.8) is 0 Å². The Morgan fingerprint density at radius 1 is 1.67 bits per heavy atom. The number of aromatic nitrogens is 2. The first kappa shape index (κ1) is 15.0. The van der Waals surface area contributed by atoms with Crippen LogP contribution >= 0.6 is 12.4 Å². The van der Waals surface area contributed by atoms with Crippen molar-refractivity contribution in [2.45, 2.75) is 32.7 Å². The molecule has 18 heavy (non-hydrogen) atoms. The van der Waals surface area contributed by atoms with Gasteiger partial charge in [-0.25, -0.2) is 0 Å². The second-order valence-electron chi connectivity index (χ2n) is 4.95. The Morgan fingerprint density at radius 3 is 2.94 bits per heavy atom. The lowest BCUT2D eigenvalue weighted by molar-refractivity contribution is 0.0655. The van der Waals surface area contributed by atoms with Gasteiger partial charge in [-0.2, -0.15) is 5.10 Å². The number of amides is 1. The number of H-pyrrole nitrogens is 1. The van der Waals surface area contributed by atoms with Crippen LogP contribution in [0.1, 0.15) is 35.9 Å². The maximum atomic E-state index is 12.2. The van der Waals surface area contributed by atoms with Crippen LogP contribution in [0.3, 0.4) is 0 Å². The van der Waals surface area contributed by atoms with Crippen molar-refractivity contribution in [2.24, 2.45) is 11.7 Å². The molecular weight excluding hydrogens is 252 g/mol. The molecule has 1 aliphatic heterocycles. The second kappa shape index (κ2) is 6.20. The molecule has 5 nitrogen and oxygen atoms in total. The number of halogens is 1. The second-order valence-corrected chi connectivity index (χ2v) is 4.95. The van der Waals surface area contributed by atoms with Gasteiger partial charge in [-0.15, -0.1) is 12.4 Å². The van der Waals surface area contributed by atoms with Gasteiger partial charge in [0.1, 0.15) is 5.69 Å². The number of nitrogens with one attached hydrogen (secondary N) is 1. The summed E-state index contributed by atoms with van der Waals surface area (Å²) >= 11 is 0. The zero-order valence-electron chi connectivity index (χ0n) is 10.8. The highest BCUT2D eigenvalue weighted by Gasteiger charge is 2.27. The van der Waals surface area contributed by atoms with Gasteiger partial charge in [0.25, 0.3) is 5.91 Å². The van der Waals surface area contributed by atoms with Gasteiger partial charge in [-0.1, -0.05) is 0 Å². The average Bonchev–Trinajstić information content (AvgIpc) is 2.75. The van der Waals surface area contributed by atoms with Gasteiger partial charge in [-0.3, -0.25) is 9.89 Å². The van der Waals surface area contributed by atoms with E-state index in [0.29, 0.717) is 11.6 Å². The van der Waals surface area contributed by atoms with E-state index in [9.17, 15) is 4.79 Å². The summed E-state index contributed by atoms with van der Waals surface area (Å²) < 4.78 is 0. The number of hydrogen-bond acceptors (Lipinski definition) is 3. The molecule has 2 unspecified atom stereocenters. The van der Waals surface area contributed by atoms with Crippen molar-refractivity contribution in [1.82, 2.24) is 15.1 Å². The Labute approximate surface area is 114 Å². The summed E-state index contributed by atoms with van der Waals surface area (Å²) in [5, 5.41) is 6.81. The molecule has 2 heterocycles. The van der Waals surface area contributed by atoms with Gasteiger partial charge in [-0.05, 0) is 38.7 Å². The molecule has 1 amide bonds. The summed E-state index contributed by atoms with van der Waals surface area (Å²) in [6, 6.07) is 1.93.